The van der Waals surface area contributed by atoms with Gasteiger partial charge in [0.1, 0.15) is 0 Å². The zero-order chi connectivity index (χ0) is 15.1. The maximum atomic E-state index is 12.0. The van der Waals surface area contributed by atoms with Gasteiger partial charge in [-0.2, -0.15) is 0 Å². The van der Waals surface area contributed by atoms with Gasteiger partial charge in [-0.15, -0.1) is 0 Å². The van der Waals surface area contributed by atoms with Gasteiger partial charge in [0.15, 0.2) is 0 Å². The molecule has 0 fully saturated rings. The first-order valence-electron chi connectivity index (χ1n) is 7.23. The van der Waals surface area contributed by atoms with Gasteiger partial charge in [-0.05, 0) is 17.3 Å². The van der Waals surface area contributed by atoms with Crippen LogP contribution >= 0.6 is 0 Å². The SMILES string of the molecule is CCCNC(=O)CC(C)(CC(=O)O)C(C)(CC)CC. The lowest BCUT2D eigenvalue weighted by atomic mass is 9.59. The van der Waals surface area contributed by atoms with Crippen LogP contribution < -0.4 is 5.32 Å². The van der Waals surface area contributed by atoms with E-state index in [1.165, 1.54) is 0 Å². The normalized spacial score (nSPS) is 14.8. The third-order valence-corrected chi connectivity index (χ3v) is 4.68. The lowest BCUT2D eigenvalue weighted by molar-refractivity contribution is -0.143. The van der Waals surface area contributed by atoms with Gasteiger partial charge in [0.25, 0.3) is 0 Å². The van der Waals surface area contributed by atoms with Crippen molar-refractivity contribution in [3.63, 3.8) is 0 Å². The summed E-state index contributed by atoms with van der Waals surface area (Å²) >= 11 is 0. The van der Waals surface area contributed by atoms with Gasteiger partial charge >= 0.3 is 5.97 Å². The number of nitrogens with one attached hydrogen (secondary N) is 1. The third-order valence-electron chi connectivity index (χ3n) is 4.68. The van der Waals surface area contributed by atoms with Crippen molar-refractivity contribution in [3.05, 3.63) is 0 Å². The number of carboxylic acid groups (broad SMARTS) is 1. The molecule has 1 unspecified atom stereocenters. The molecule has 112 valence electrons. The van der Waals surface area contributed by atoms with E-state index in [1.807, 2.05) is 13.8 Å². The molecule has 0 aliphatic carbocycles. The Balaban J connectivity index is 5.07. The number of carbonyl (C=O) groups is 2. The lowest BCUT2D eigenvalue weighted by Gasteiger charge is -2.45. The maximum absolute atomic E-state index is 12.0. The summed E-state index contributed by atoms with van der Waals surface area (Å²) in [6.45, 7) is 10.8. The molecule has 0 bridgehead atoms. The molecule has 4 heteroatoms. The Morgan fingerprint density at radius 2 is 1.53 bits per heavy atom. The number of rotatable bonds is 9. The molecule has 1 atom stereocenters. The molecule has 0 saturated carbocycles. The fourth-order valence-electron chi connectivity index (χ4n) is 2.61. The van der Waals surface area contributed by atoms with Crippen LogP contribution in [0.15, 0.2) is 0 Å². The summed E-state index contributed by atoms with van der Waals surface area (Å²) in [5, 5.41) is 12.0. The van der Waals surface area contributed by atoms with Gasteiger partial charge in [0.2, 0.25) is 5.91 Å². The molecule has 0 heterocycles. The van der Waals surface area contributed by atoms with E-state index in [-0.39, 0.29) is 24.2 Å². The van der Waals surface area contributed by atoms with Crippen LogP contribution in [0.4, 0.5) is 0 Å². The Labute approximate surface area is 117 Å². The molecule has 0 aliphatic rings. The topological polar surface area (TPSA) is 66.4 Å². The van der Waals surface area contributed by atoms with Crippen LogP contribution in [0.1, 0.15) is 66.7 Å². The van der Waals surface area contributed by atoms with Crippen molar-refractivity contribution in [3.8, 4) is 0 Å². The summed E-state index contributed by atoms with van der Waals surface area (Å²) in [7, 11) is 0. The monoisotopic (exact) mass is 271 g/mol. The molecular weight excluding hydrogens is 242 g/mol. The smallest absolute Gasteiger partial charge is 0.303 e. The Morgan fingerprint density at radius 3 is 1.89 bits per heavy atom. The van der Waals surface area contributed by atoms with Crippen LogP contribution in [0, 0.1) is 10.8 Å². The molecule has 0 radical (unpaired) electrons. The Bertz CT molecular complexity index is 311. The van der Waals surface area contributed by atoms with Gasteiger partial charge in [-0.1, -0.05) is 47.5 Å². The van der Waals surface area contributed by atoms with E-state index < -0.39 is 11.4 Å². The van der Waals surface area contributed by atoms with Gasteiger partial charge in [0, 0.05) is 13.0 Å². The predicted octanol–water partition coefficient (Wildman–Crippen LogP) is 3.21. The zero-order valence-corrected chi connectivity index (χ0v) is 13.0. The second-order valence-electron chi connectivity index (χ2n) is 5.93. The van der Waals surface area contributed by atoms with E-state index in [0.717, 1.165) is 19.3 Å². The first-order chi connectivity index (χ1) is 8.74. The fourth-order valence-corrected chi connectivity index (χ4v) is 2.61. The van der Waals surface area contributed by atoms with Gasteiger partial charge < -0.3 is 10.4 Å². The van der Waals surface area contributed by atoms with Gasteiger partial charge in [0.05, 0.1) is 6.42 Å². The minimum absolute atomic E-state index is 0.0325. The van der Waals surface area contributed by atoms with E-state index in [9.17, 15) is 9.59 Å². The van der Waals surface area contributed by atoms with Crippen LogP contribution in [0.25, 0.3) is 0 Å². The van der Waals surface area contributed by atoms with Crippen LogP contribution in [0.2, 0.25) is 0 Å². The molecule has 0 aromatic rings. The number of aliphatic carboxylic acids is 1. The molecule has 0 aromatic heterocycles. The summed E-state index contributed by atoms with van der Waals surface area (Å²) in [6, 6.07) is 0. The van der Waals surface area contributed by atoms with E-state index >= 15 is 0 Å². The summed E-state index contributed by atoms with van der Waals surface area (Å²) in [5.74, 6) is -0.877. The molecule has 4 nitrogen and oxygen atoms in total. The first kappa shape index (κ1) is 17.9. The summed E-state index contributed by atoms with van der Waals surface area (Å²) in [6.07, 6.45) is 2.94. The molecule has 0 aromatic carbocycles. The van der Waals surface area contributed by atoms with Crippen molar-refractivity contribution in [2.24, 2.45) is 10.8 Å². The summed E-state index contributed by atoms with van der Waals surface area (Å²) in [5.41, 5.74) is -0.658. The molecule has 0 saturated heterocycles. The first-order valence-corrected chi connectivity index (χ1v) is 7.23. The fraction of sp³-hybridized carbons (Fsp3) is 0.867. The van der Waals surface area contributed by atoms with E-state index in [0.29, 0.717) is 6.54 Å². The number of hydrogen-bond acceptors (Lipinski definition) is 2. The van der Waals surface area contributed by atoms with Crippen LogP contribution in [0.5, 0.6) is 0 Å². The second-order valence-corrected chi connectivity index (χ2v) is 5.93. The van der Waals surface area contributed by atoms with E-state index in [1.54, 1.807) is 0 Å². The minimum atomic E-state index is -0.834. The molecule has 0 aliphatic heterocycles. The van der Waals surface area contributed by atoms with Crippen LogP contribution in [0.3, 0.4) is 0 Å². The van der Waals surface area contributed by atoms with Crippen molar-refractivity contribution < 1.29 is 14.7 Å². The predicted molar refractivity (Wildman–Crippen MR) is 77.0 cm³/mol. The van der Waals surface area contributed by atoms with Crippen molar-refractivity contribution in [1.82, 2.24) is 5.32 Å². The molecule has 2 N–H and O–H groups in total. The second kappa shape index (κ2) is 7.51. The largest absolute Gasteiger partial charge is 0.481 e. The highest BCUT2D eigenvalue weighted by Gasteiger charge is 2.44. The molecule has 1 amide bonds. The van der Waals surface area contributed by atoms with Crippen molar-refractivity contribution in [1.29, 1.82) is 0 Å². The lowest BCUT2D eigenvalue weighted by Crippen LogP contribution is -2.43. The van der Waals surface area contributed by atoms with E-state index in [2.05, 4.69) is 26.1 Å². The summed E-state index contributed by atoms with van der Waals surface area (Å²) in [4.78, 5) is 23.1. The number of carbonyl (C=O) groups excluding carboxylic acids is 1. The molecule has 0 spiro atoms. The maximum Gasteiger partial charge on any atom is 0.303 e. The molecular formula is C15H29NO3. The summed E-state index contributed by atoms with van der Waals surface area (Å²) < 4.78 is 0. The van der Waals surface area contributed by atoms with Crippen molar-refractivity contribution in [2.75, 3.05) is 6.54 Å². The Morgan fingerprint density at radius 1 is 1.00 bits per heavy atom. The average molecular weight is 271 g/mol. The van der Waals surface area contributed by atoms with Crippen molar-refractivity contribution in [2.45, 2.75) is 66.7 Å². The van der Waals surface area contributed by atoms with Crippen molar-refractivity contribution >= 4 is 11.9 Å². The third kappa shape index (κ3) is 4.84. The Hall–Kier alpha value is -1.06. The van der Waals surface area contributed by atoms with E-state index in [4.69, 9.17) is 5.11 Å². The molecule has 0 rings (SSSR count). The quantitative estimate of drug-likeness (QED) is 0.676. The average Bonchev–Trinajstić information content (AvgIpc) is 2.33. The van der Waals surface area contributed by atoms with Crippen LogP contribution in [-0.2, 0) is 9.59 Å². The minimum Gasteiger partial charge on any atom is -0.481 e. The number of carboxylic acids is 1. The van der Waals surface area contributed by atoms with Gasteiger partial charge in [-0.25, -0.2) is 0 Å². The standard InChI is InChI=1S/C15H29NO3/c1-6-9-16-12(17)10-15(5,11-13(18)19)14(4,7-2)8-3/h6-11H2,1-5H3,(H,16,17)(H,18,19). The van der Waals surface area contributed by atoms with Gasteiger partial charge in [-0.3, -0.25) is 9.59 Å². The highest BCUT2D eigenvalue weighted by Crippen LogP contribution is 2.49. The van der Waals surface area contributed by atoms with Crippen LogP contribution in [-0.4, -0.2) is 23.5 Å². The number of hydrogen-bond donors (Lipinski definition) is 2. The zero-order valence-electron chi connectivity index (χ0n) is 13.0. The Kier molecular flexibility index (Phi) is 7.09. The highest BCUT2D eigenvalue weighted by atomic mass is 16.4. The highest BCUT2D eigenvalue weighted by molar-refractivity contribution is 5.78. The number of amides is 1. The molecule has 19 heavy (non-hydrogen) atoms.